The highest BCUT2D eigenvalue weighted by Crippen LogP contribution is 2.17. The van der Waals surface area contributed by atoms with E-state index in [-0.39, 0.29) is 6.61 Å². The molecule has 0 radical (unpaired) electrons. The van der Waals surface area contributed by atoms with Crippen molar-refractivity contribution in [1.29, 1.82) is 0 Å². The molecular formula is C15H16ClN3OS. The fourth-order valence-electron chi connectivity index (χ4n) is 1.79. The van der Waals surface area contributed by atoms with Crippen LogP contribution in [0.4, 0.5) is 0 Å². The monoisotopic (exact) mass is 321 g/mol. The van der Waals surface area contributed by atoms with Crippen LogP contribution in [-0.2, 0) is 13.2 Å². The standard InChI is InChI=1S/C15H16ClN3OS/c1-2-9-19-14(11-20)17-18-15(19)21-10-5-7-12-6-3-4-8-13(12)16/h3-4,6,8,20H,2,9-11H2,1H3. The Balaban J connectivity index is 2.01. The normalized spacial score (nSPS) is 10.2. The lowest BCUT2D eigenvalue weighted by molar-refractivity contribution is 0.263. The first-order chi connectivity index (χ1) is 10.3. The van der Waals surface area contributed by atoms with Crippen LogP contribution in [0.2, 0.25) is 5.02 Å². The van der Waals surface area contributed by atoms with Gasteiger partial charge in [0.25, 0.3) is 0 Å². The van der Waals surface area contributed by atoms with Crippen molar-refractivity contribution in [3.05, 3.63) is 40.7 Å². The lowest BCUT2D eigenvalue weighted by atomic mass is 10.2. The molecule has 1 heterocycles. The van der Waals surface area contributed by atoms with Crippen LogP contribution in [0.15, 0.2) is 29.4 Å². The SMILES string of the molecule is CCCn1c(CO)nnc1SCC#Cc1ccccc1Cl. The van der Waals surface area contributed by atoms with Crippen molar-refractivity contribution in [2.45, 2.75) is 31.7 Å². The first-order valence-corrected chi connectivity index (χ1v) is 8.01. The van der Waals surface area contributed by atoms with E-state index in [0.717, 1.165) is 23.7 Å². The number of nitrogens with zero attached hydrogens (tertiary/aromatic N) is 3. The molecule has 2 aromatic rings. The van der Waals surface area contributed by atoms with E-state index < -0.39 is 0 Å². The average molecular weight is 322 g/mol. The number of hydrogen-bond donors (Lipinski definition) is 1. The molecule has 110 valence electrons. The molecule has 1 N–H and O–H groups in total. The zero-order valence-electron chi connectivity index (χ0n) is 11.7. The Hall–Kier alpha value is -1.48. The quantitative estimate of drug-likeness (QED) is 0.679. The van der Waals surface area contributed by atoms with Gasteiger partial charge in [0.05, 0.1) is 10.8 Å². The molecule has 0 atom stereocenters. The summed E-state index contributed by atoms with van der Waals surface area (Å²) >= 11 is 7.56. The summed E-state index contributed by atoms with van der Waals surface area (Å²) in [5.41, 5.74) is 0.825. The van der Waals surface area contributed by atoms with E-state index in [1.165, 1.54) is 11.8 Å². The highest BCUT2D eigenvalue weighted by atomic mass is 35.5. The Kier molecular flexibility index (Phi) is 6.12. The summed E-state index contributed by atoms with van der Waals surface area (Å²) in [5.74, 6) is 7.31. The van der Waals surface area contributed by atoms with Gasteiger partial charge in [-0.3, -0.25) is 0 Å². The topological polar surface area (TPSA) is 50.9 Å². The van der Waals surface area contributed by atoms with Gasteiger partial charge in [0.1, 0.15) is 6.61 Å². The minimum absolute atomic E-state index is 0.0984. The maximum absolute atomic E-state index is 9.23. The first-order valence-electron chi connectivity index (χ1n) is 6.65. The Morgan fingerprint density at radius 1 is 1.33 bits per heavy atom. The Bertz CT molecular complexity index is 660. The van der Waals surface area contributed by atoms with Crippen molar-refractivity contribution in [1.82, 2.24) is 14.8 Å². The van der Waals surface area contributed by atoms with Crippen LogP contribution in [0.5, 0.6) is 0 Å². The number of aliphatic hydroxyl groups excluding tert-OH is 1. The third-order valence-electron chi connectivity index (χ3n) is 2.75. The van der Waals surface area contributed by atoms with Crippen LogP contribution in [0.1, 0.15) is 24.7 Å². The summed E-state index contributed by atoms with van der Waals surface area (Å²) < 4.78 is 1.93. The maximum Gasteiger partial charge on any atom is 0.192 e. The highest BCUT2D eigenvalue weighted by Gasteiger charge is 2.10. The fraction of sp³-hybridized carbons (Fsp3) is 0.333. The molecular weight excluding hydrogens is 306 g/mol. The smallest absolute Gasteiger partial charge is 0.192 e. The van der Waals surface area contributed by atoms with E-state index in [1.807, 2.05) is 28.8 Å². The summed E-state index contributed by atoms with van der Waals surface area (Å²) in [6.45, 7) is 2.77. The van der Waals surface area contributed by atoms with E-state index in [4.69, 9.17) is 11.6 Å². The number of thioether (sulfide) groups is 1. The van der Waals surface area contributed by atoms with Crippen molar-refractivity contribution in [2.75, 3.05) is 5.75 Å². The Morgan fingerprint density at radius 3 is 2.86 bits per heavy atom. The lowest BCUT2D eigenvalue weighted by Gasteiger charge is -2.05. The van der Waals surface area contributed by atoms with Crippen LogP contribution in [-0.4, -0.2) is 25.6 Å². The van der Waals surface area contributed by atoms with Gasteiger partial charge in [-0.2, -0.15) is 0 Å². The number of benzene rings is 1. The van der Waals surface area contributed by atoms with Gasteiger partial charge in [0.15, 0.2) is 11.0 Å². The molecule has 0 aliphatic rings. The molecule has 21 heavy (non-hydrogen) atoms. The average Bonchev–Trinajstić information content (AvgIpc) is 2.88. The zero-order valence-corrected chi connectivity index (χ0v) is 13.3. The van der Waals surface area contributed by atoms with E-state index >= 15 is 0 Å². The summed E-state index contributed by atoms with van der Waals surface area (Å²) in [7, 11) is 0. The largest absolute Gasteiger partial charge is 0.388 e. The molecule has 0 aliphatic carbocycles. The molecule has 0 bridgehead atoms. The van der Waals surface area contributed by atoms with Crippen molar-refractivity contribution in [2.24, 2.45) is 0 Å². The summed E-state index contributed by atoms with van der Waals surface area (Å²) in [6, 6.07) is 7.51. The van der Waals surface area contributed by atoms with Crippen molar-refractivity contribution >= 4 is 23.4 Å². The molecule has 2 rings (SSSR count). The Labute approximate surface area is 133 Å². The second kappa shape index (κ2) is 8.08. The number of halogens is 1. The van der Waals surface area contributed by atoms with Crippen LogP contribution in [0, 0.1) is 11.8 Å². The van der Waals surface area contributed by atoms with Crippen LogP contribution in [0.25, 0.3) is 0 Å². The first kappa shape index (κ1) is 15.9. The molecule has 1 aromatic carbocycles. The molecule has 0 saturated heterocycles. The number of hydrogen-bond acceptors (Lipinski definition) is 4. The number of aliphatic hydroxyl groups is 1. The zero-order chi connectivity index (χ0) is 15.1. The fourth-order valence-corrected chi connectivity index (χ4v) is 2.69. The molecule has 0 aliphatic heterocycles. The second-order valence-corrected chi connectivity index (χ2v) is 5.63. The van der Waals surface area contributed by atoms with Gasteiger partial charge < -0.3 is 9.67 Å². The van der Waals surface area contributed by atoms with Crippen LogP contribution >= 0.6 is 23.4 Å². The van der Waals surface area contributed by atoms with Crippen molar-refractivity contribution in [3.8, 4) is 11.8 Å². The summed E-state index contributed by atoms with van der Waals surface area (Å²) in [4.78, 5) is 0. The van der Waals surface area contributed by atoms with Gasteiger partial charge in [-0.1, -0.05) is 54.3 Å². The summed E-state index contributed by atoms with van der Waals surface area (Å²) in [6.07, 6.45) is 0.962. The second-order valence-electron chi connectivity index (χ2n) is 4.28. The minimum atomic E-state index is -0.0984. The molecule has 0 saturated carbocycles. The van der Waals surface area contributed by atoms with E-state index in [0.29, 0.717) is 16.6 Å². The molecule has 0 spiro atoms. The van der Waals surface area contributed by atoms with E-state index in [1.54, 1.807) is 0 Å². The van der Waals surface area contributed by atoms with Gasteiger partial charge in [0, 0.05) is 12.1 Å². The van der Waals surface area contributed by atoms with Gasteiger partial charge in [-0.25, -0.2) is 0 Å². The Morgan fingerprint density at radius 2 is 2.14 bits per heavy atom. The van der Waals surface area contributed by atoms with Gasteiger partial charge in [0.2, 0.25) is 0 Å². The predicted molar refractivity (Wildman–Crippen MR) is 85.3 cm³/mol. The van der Waals surface area contributed by atoms with E-state index in [2.05, 4.69) is 29.0 Å². The predicted octanol–water partition coefficient (Wildman–Crippen LogP) is 2.98. The van der Waals surface area contributed by atoms with Gasteiger partial charge >= 0.3 is 0 Å². The molecule has 4 nitrogen and oxygen atoms in total. The van der Waals surface area contributed by atoms with Crippen molar-refractivity contribution in [3.63, 3.8) is 0 Å². The summed E-state index contributed by atoms with van der Waals surface area (Å²) in [5, 5.41) is 18.7. The van der Waals surface area contributed by atoms with E-state index in [9.17, 15) is 5.11 Å². The lowest BCUT2D eigenvalue weighted by Crippen LogP contribution is -2.04. The van der Waals surface area contributed by atoms with Crippen molar-refractivity contribution < 1.29 is 5.11 Å². The third kappa shape index (κ3) is 4.24. The van der Waals surface area contributed by atoms with Crippen LogP contribution in [0.3, 0.4) is 0 Å². The minimum Gasteiger partial charge on any atom is -0.388 e. The molecule has 0 amide bonds. The van der Waals surface area contributed by atoms with Crippen LogP contribution < -0.4 is 0 Å². The molecule has 0 fully saturated rings. The van der Waals surface area contributed by atoms with Gasteiger partial charge in [-0.15, -0.1) is 10.2 Å². The third-order valence-corrected chi connectivity index (χ3v) is 3.93. The number of rotatable bonds is 5. The molecule has 6 heteroatoms. The highest BCUT2D eigenvalue weighted by molar-refractivity contribution is 7.99. The molecule has 1 aromatic heterocycles. The maximum atomic E-state index is 9.23. The molecule has 0 unspecified atom stereocenters. The number of aromatic nitrogens is 3. The van der Waals surface area contributed by atoms with Gasteiger partial charge in [-0.05, 0) is 18.6 Å².